The molecule has 1 N–H and O–H groups in total. The Morgan fingerprint density at radius 2 is 1.96 bits per heavy atom. The number of rotatable bonds is 6. The molecule has 0 bridgehead atoms. The van der Waals surface area contributed by atoms with Gasteiger partial charge in [-0.05, 0) is 30.7 Å². The summed E-state index contributed by atoms with van der Waals surface area (Å²) in [6, 6.07) is 12.8. The molecule has 0 unspecified atom stereocenters. The Labute approximate surface area is 152 Å². The average Bonchev–Trinajstić information content (AvgIpc) is 2.54. The van der Waals surface area contributed by atoms with Crippen LogP contribution in [0.3, 0.4) is 0 Å². The van der Waals surface area contributed by atoms with Gasteiger partial charge in [-0.3, -0.25) is 9.59 Å². The quantitative estimate of drug-likeness (QED) is 0.855. The fourth-order valence-electron chi connectivity index (χ4n) is 2.43. The number of nitrogens with one attached hydrogen (secondary N) is 1. The van der Waals surface area contributed by atoms with Crippen LogP contribution in [-0.4, -0.2) is 30.4 Å². The van der Waals surface area contributed by atoms with E-state index >= 15 is 0 Å². The number of carbonyl (C=O) groups is 2. The molecule has 0 saturated heterocycles. The Balaban J connectivity index is 2.02. The zero-order valence-electron chi connectivity index (χ0n) is 14.5. The first-order valence-corrected chi connectivity index (χ1v) is 8.21. The molecule has 132 valence electrons. The van der Waals surface area contributed by atoms with Crippen molar-refractivity contribution in [3.63, 3.8) is 0 Å². The number of hydrogen-bond acceptors (Lipinski definition) is 3. The van der Waals surface area contributed by atoms with Gasteiger partial charge in [0.15, 0.2) is 0 Å². The summed E-state index contributed by atoms with van der Waals surface area (Å²) in [5, 5.41) is 3.15. The highest BCUT2D eigenvalue weighted by molar-refractivity contribution is 6.32. The Kier molecular flexibility index (Phi) is 6.42. The van der Waals surface area contributed by atoms with Gasteiger partial charge < -0.3 is 15.0 Å². The van der Waals surface area contributed by atoms with Crippen molar-refractivity contribution in [1.82, 2.24) is 4.90 Å². The van der Waals surface area contributed by atoms with E-state index in [1.807, 2.05) is 31.2 Å². The van der Waals surface area contributed by atoms with E-state index in [0.717, 1.165) is 11.1 Å². The average molecular weight is 361 g/mol. The molecule has 6 heteroatoms. The third-order valence-corrected chi connectivity index (χ3v) is 3.97. The summed E-state index contributed by atoms with van der Waals surface area (Å²) in [6.45, 7) is 3.79. The maximum absolute atomic E-state index is 12.3. The van der Waals surface area contributed by atoms with Crippen LogP contribution >= 0.6 is 11.6 Å². The second kappa shape index (κ2) is 8.53. The summed E-state index contributed by atoms with van der Waals surface area (Å²) in [5.41, 5.74) is 2.64. The van der Waals surface area contributed by atoms with Gasteiger partial charge in [-0.1, -0.05) is 41.4 Å². The van der Waals surface area contributed by atoms with Crippen LogP contribution in [0.5, 0.6) is 5.75 Å². The van der Waals surface area contributed by atoms with Gasteiger partial charge in [0, 0.05) is 19.2 Å². The minimum atomic E-state index is -0.288. The van der Waals surface area contributed by atoms with Gasteiger partial charge in [0.25, 0.3) is 0 Å². The summed E-state index contributed by atoms with van der Waals surface area (Å²) in [5.74, 6) is 0.0815. The van der Waals surface area contributed by atoms with Gasteiger partial charge >= 0.3 is 0 Å². The van der Waals surface area contributed by atoms with Crippen LogP contribution in [0.2, 0.25) is 5.02 Å². The highest BCUT2D eigenvalue weighted by Crippen LogP contribution is 2.27. The van der Waals surface area contributed by atoms with Crippen molar-refractivity contribution < 1.29 is 14.3 Å². The van der Waals surface area contributed by atoms with Crippen LogP contribution < -0.4 is 10.1 Å². The van der Waals surface area contributed by atoms with Crippen molar-refractivity contribution in [1.29, 1.82) is 0 Å². The smallest absolute Gasteiger partial charge is 0.244 e. The number of anilines is 1. The molecule has 0 heterocycles. The lowest BCUT2D eigenvalue weighted by Crippen LogP contribution is -2.36. The van der Waals surface area contributed by atoms with Crippen molar-refractivity contribution in [2.45, 2.75) is 20.4 Å². The number of nitrogens with zero attached hydrogens (tertiary/aromatic N) is 1. The van der Waals surface area contributed by atoms with Gasteiger partial charge in [0.1, 0.15) is 12.3 Å². The monoisotopic (exact) mass is 360 g/mol. The number of aryl methyl sites for hydroxylation is 1. The maximum atomic E-state index is 12.3. The fraction of sp³-hybridized carbons (Fsp3) is 0.263. The molecule has 2 aromatic rings. The van der Waals surface area contributed by atoms with Gasteiger partial charge in [-0.15, -0.1) is 0 Å². The van der Waals surface area contributed by atoms with E-state index in [9.17, 15) is 9.59 Å². The third-order valence-electron chi connectivity index (χ3n) is 3.67. The lowest BCUT2D eigenvalue weighted by Gasteiger charge is -2.21. The Bertz CT molecular complexity index is 777. The number of halogens is 1. The molecule has 0 atom stereocenters. The van der Waals surface area contributed by atoms with Gasteiger partial charge in [0.2, 0.25) is 11.8 Å². The summed E-state index contributed by atoms with van der Waals surface area (Å²) in [7, 11) is 1.52. The summed E-state index contributed by atoms with van der Waals surface area (Å²) in [6.07, 6.45) is 0. The molecule has 0 aliphatic heterocycles. The van der Waals surface area contributed by atoms with Gasteiger partial charge in [-0.25, -0.2) is 0 Å². The Morgan fingerprint density at radius 3 is 2.56 bits per heavy atom. The van der Waals surface area contributed by atoms with E-state index < -0.39 is 0 Å². The van der Waals surface area contributed by atoms with E-state index in [4.69, 9.17) is 16.3 Å². The molecule has 2 aromatic carbocycles. The molecule has 2 amide bonds. The van der Waals surface area contributed by atoms with Gasteiger partial charge in [-0.2, -0.15) is 0 Å². The first kappa shape index (κ1) is 18.8. The fourth-order valence-corrected chi connectivity index (χ4v) is 2.69. The van der Waals surface area contributed by atoms with E-state index in [2.05, 4.69) is 5.32 Å². The summed E-state index contributed by atoms with van der Waals surface area (Å²) < 4.78 is 5.08. The largest absolute Gasteiger partial charge is 0.495 e. The van der Waals surface area contributed by atoms with Crippen molar-refractivity contribution in [2.75, 3.05) is 19.0 Å². The molecule has 0 radical (unpaired) electrons. The summed E-state index contributed by atoms with van der Waals surface area (Å²) >= 11 is 6.05. The number of methoxy groups -OCH3 is 1. The normalized spacial score (nSPS) is 10.2. The topological polar surface area (TPSA) is 58.6 Å². The van der Waals surface area contributed by atoms with Crippen LogP contribution in [0, 0.1) is 6.92 Å². The minimum Gasteiger partial charge on any atom is -0.495 e. The van der Waals surface area contributed by atoms with Crippen molar-refractivity contribution >= 4 is 29.1 Å². The molecule has 0 aliphatic carbocycles. The molecule has 5 nitrogen and oxygen atoms in total. The number of benzene rings is 2. The lowest BCUT2D eigenvalue weighted by molar-refractivity contribution is -0.133. The minimum absolute atomic E-state index is 0.0348. The molecule has 25 heavy (non-hydrogen) atoms. The van der Waals surface area contributed by atoms with E-state index in [1.165, 1.54) is 18.9 Å². The van der Waals surface area contributed by atoms with Gasteiger partial charge in [0.05, 0.1) is 12.1 Å². The standard InChI is InChI=1S/C19H21ClN2O3/c1-13-5-4-6-15(9-13)11-22(14(2)23)12-19(24)21-16-7-8-18(25-3)17(20)10-16/h4-10H,11-12H2,1-3H3,(H,21,24). The highest BCUT2D eigenvalue weighted by atomic mass is 35.5. The van der Waals surface area contributed by atoms with Crippen molar-refractivity contribution in [2.24, 2.45) is 0 Å². The van der Waals surface area contributed by atoms with E-state index in [0.29, 0.717) is 23.0 Å². The summed E-state index contributed by atoms with van der Waals surface area (Å²) in [4.78, 5) is 25.6. The molecular weight excluding hydrogens is 340 g/mol. The molecule has 0 aromatic heterocycles. The lowest BCUT2D eigenvalue weighted by atomic mass is 10.1. The molecule has 2 rings (SSSR count). The Morgan fingerprint density at radius 1 is 1.20 bits per heavy atom. The van der Waals surface area contributed by atoms with Crippen molar-refractivity contribution in [3.8, 4) is 5.75 Å². The number of carbonyl (C=O) groups excluding carboxylic acids is 2. The van der Waals surface area contributed by atoms with Crippen LogP contribution in [-0.2, 0) is 16.1 Å². The number of hydrogen-bond donors (Lipinski definition) is 1. The predicted molar refractivity (Wildman–Crippen MR) is 98.9 cm³/mol. The zero-order chi connectivity index (χ0) is 18.4. The SMILES string of the molecule is COc1ccc(NC(=O)CN(Cc2cccc(C)c2)C(C)=O)cc1Cl. The highest BCUT2D eigenvalue weighted by Gasteiger charge is 2.15. The van der Waals surface area contributed by atoms with E-state index in [1.54, 1.807) is 18.2 Å². The second-order valence-electron chi connectivity index (χ2n) is 5.76. The first-order chi connectivity index (χ1) is 11.9. The Hall–Kier alpha value is -2.53. The van der Waals surface area contributed by atoms with Crippen LogP contribution in [0.15, 0.2) is 42.5 Å². The first-order valence-electron chi connectivity index (χ1n) is 7.83. The molecule has 0 saturated carbocycles. The van der Waals surface area contributed by atoms with Crippen molar-refractivity contribution in [3.05, 3.63) is 58.6 Å². The molecule has 0 spiro atoms. The van der Waals surface area contributed by atoms with Crippen LogP contribution in [0.25, 0.3) is 0 Å². The second-order valence-corrected chi connectivity index (χ2v) is 6.17. The number of ether oxygens (including phenoxy) is 1. The predicted octanol–water partition coefficient (Wildman–Crippen LogP) is 3.64. The third kappa shape index (κ3) is 5.50. The van der Waals surface area contributed by atoms with E-state index in [-0.39, 0.29) is 18.4 Å². The van der Waals surface area contributed by atoms with Crippen LogP contribution in [0.4, 0.5) is 5.69 Å². The molecule has 0 fully saturated rings. The van der Waals surface area contributed by atoms with Crippen LogP contribution in [0.1, 0.15) is 18.1 Å². The number of amides is 2. The molecular formula is C19H21ClN2O3. The maximum Gasteiger partial charge on any atom is 0.244 e. The molecule has 0 aliphatic rings. The zero-order valence-corrected chi connectivity index (χ0v) is 15.3.